The summed E-state index contributed by atoms with van der Waals surface area (Å²) in [6.45, 7) is 4.99. The minimum atomic E-state index is -0.336. The zero-order chi connectivity index (χ0) is 18.8. The second kappa shape index (κ2) is 19.4. The van der Waals surface area contributed by atoms with E-state index in [1.165, 1.54) is 64.7 Å². The Morgan fingerprint density at radius 2 is 1.23 bits per heavy atom. The lowest BCUT2D eigenvalue weighted by atomic mass is 10.1. The number of ether oxygens (including phenoxy) is 1. The van der Waals surface area contributed by atoms with E-state index >= 15 is 0 Å². The molecule has 0 aliphatic heterocycles. The Labute approximate surface area is 166 Å². The summed E-state index contributed by atoms with van der Waals surface area (Å²) in [5.41, 5.74) is 0. The number of hydrogen-bond acceptors (Lipinski definition) is 5. The molecular weight excluding hydrogens is 358 g/mol. The Hall–Kier alpha value is -0.400. The van der Waals surface area contributed by atoms with E-state index < -0.39 is 0 Å². The third-order valence-corrected chi connectivity index (χ3v) is 4.08. The zero-order valence-electron chi connectivity index (χ0n) is 17.3. The first-order chi connectivity index (χ1) is 12.0. The lowest BCUT2D eigenvalue weighted by molar-refractivity contribution is -1.35. The first-order valence-electron chi connectivity index (χ1n) is 9.88. The second-order valence-corrected chi connectivity index (χ2v) is 6.50. The molecule has 0 fully saturated rings. The van der Waals surface area contributed by atoms with Gasteiger partial charge in [-0.1, -0.05) is 64.7 Å². The van der Waals surface area contributed by atoms with E-state index in [4.69, 9.17) is 19.2 Å². The van der Waals surface area contributed by atoms with Crippen LogP contribution in [0.3, 0.4) is 0 Å². The van der Waals surface area contributed by atoms with E-state index in [9.17, 15) is 4.79 Å². The molecule has 0 spiro atoms. The van der Waals surface area contributed by atoms with Crippen molar-refractivity contribution in [2.45, 2.75) is 84.5 Å². The summed E-state index contributed by atoms with van der Waals surface area (Å²) in [4.78, 5) is 26.8. The average Bonchev–Trinajstić information content (AvgIpc) is 2.59. The Bertz CT molecular complexity index is 320. The highest BCUT2D eigenvalue weighted by atomic mass is 35.5. The zero-order valence-corrected chi connectivity index (χ0v) is 18.0. The van der Waals surface area contributed by atoms with Crippen LogP contribution in [0.25, 0.3) is 0 Å². The van der Waals surface area contributed by atoms with Gasteiger partial charge in [0.25, 0.3) is 0 Å². The van der Waals surface area contributed by atoms with Crippen molar-refractivity contribution in [3.05, 3.63) is 0 Å². The van der Waals surface area contributed by atoms with E-state index in [-0.39, 0.29) is 23.3 Å². The highest BCUT2D eigenvalue weighted by Gasteiger charge is 2.26. The Balaban J connectivity index is 0. The quantitative estimate of drug-likeness (QED) is 0.153. The van der Waals surface area contributed by atoms with Crippen LogP contribution in [0.1, 0.15) is 84.5 Å². The van der Waals surface area contributed by atoms with Crippen LogP contribution in [0.2, 0.25) is 0 Å². The van der Waals surface area contributed by atoms with Crippen LogP contribution in [0.15, 0.2) is 0 Å². The van der Waals surface area contributed by atoms with Gasteiger partial charge in [-0.05, 0) is 6.42 Å². The molecule has 0 aliphatic carbocycles. The third-order valence-electron chi connectivity index (χ3n) is 4.08. The molecule has 158 valence electrons. The van der Waals surface area contributed by atoms with Gasteiger partial charge in [-0.25, -0.2) is 0 Å². The molecule has 1 atom stereocenters. The molecule has 0 saturated heterocycles. The summed E-state index contributed by atoms with van der Waals surface area (Å²) in [6, 6.07) is 0. The highest BCUT2D eigenvalue weighted by molar-refractivity contribution is 5.65. The van der Waals surface area contributed by atoms with Crippen LogP contribution in [0, 0.1) is 0 Å². The standard InChI is InChI=1S/C19H40NO5.ClH/c1-5-6-7-8-9-10-11-12-13-14-17-24-20(3,22-4)25-18-15-16-23-19(2)21;/h5-18H2,1-4H3;1H/q+1;/p-1. The van der Waals surface area contributed by atoms with E-state index in [2.05, 4.69) is 6.92 Å². The van der Waals surface area contributed by atoms with Crippen LogP contribution in [0.5, 0.6) is 0 Å². The fraction of sp³-hybridized carbons (Fsp3) is 0.947. The molecule has 0 heterocycles. The molecule has 0 N–H and O–H groups in total. The Morgan fingerprint density at radius 1 is 0.769 bits per heavy atom. The van der Waals surface area contributed by atoms with Crippen molar-refractivity contribution in [2.24, 2.45) is 0 Å². The van der Waals surface area contributed by atoms with Gasteiger partial charge in [-0.15, -0.1) is 14.5 Å². The molecule has 0 aromatic carbocycles. The Morgan fingerprint density at radius 3 is 1.69 bits per heavy atom. The van der Waals surface area contributed by atoms with E-state index in [0.29, 0.717) is 26.2 Å². The molecule has 0 bridgehead atoms. The highest BCUT2D eigenvalue weighted by Crippen LogP contribution is 2.12. The number of carbonyl (C=O) groups excluding carboxylic acids is 1. The minimum Gasteiger partial charge on any atom is -1.00 e. The number of carbonyl (C=O) groups is 1. The van der Waals surface area contributed by atoms with Gasteiger partial charge in [0.15, 0.2) is 7.05 Å². The van der Waals surface area contributed by atoms with Gasteiger partial charge in [-0.2, -0.15) is 0 Å². The van der Waals surface area contributed by atoms with E-state index in [1.807, 2.05) is 0 Å². The van der Waals surface area contributed by atoms with Crippen molar-refractivity contribution in [1.29, 1.82) is 0 Å². The number of rotatable bonds is 18. The van der Waals surface area contributed by atoms with Gasteiger partial charge >= 0.3 is 5.97 Å². The van der Waals surface area contributed by atoms with Gasteiger partial charge in [0.05, 0.1) is 11.6 Å². The number of hydroxylamine groups is 3. The molecular formula is C19H40ClNO5. The molecule has 7 heteroatoms. The number of hydrogen-bond donors (Lipinski definition) is 0. The fourth-order valence-electron chi connectivity index (χ4n) is 2.47. The van der Waals surface area contributed by atoms with Gasteiger partial charge in [0, 0.05) is 13.3 Å². The van der Waals surface area contributed by atoms with Gasteiger partial charge in [-0.3, -0.25) is 4.79 Å². The molecule has 0 radical (unpaired) electrons. The molecule has 0 rings (SSSR count). The van der Waals surface area contributed by atoms with Gasteiger partial charge < -0.3 is 17.1 Å². The van der Waals surface area contributed by atoms with Crippen molar-refractivity contribution >= 4 is 5.97 Å². The van der Waals surface area contributed by atoms with Crippen LogP contribution < -0.4 is 12.4 Å². The largest absolute Gasteiger partial charge is 1.00 e. The maximum Gasteiger partial charge on any atom is 0.302 e. The van der Waals surface area contributed by atoms with Crippen molar-refractivity contribution in [3.8, 4) is 0 Å². The first-order valence-corrected chi connectivity index (χ1v) is 9.88. The van der Waals surface area contributed by atoms with Gasteiger partial charge in [0.2, 0.25) is 0 Å². The summed E-state index contributed by atoms with van der Waals surface area (Å²) in [5, 5.41) is 0. The molecule has 0 aromatic heterocycles. The smallest absolute Gasteiger partial charge is 0.302 e. The lowest BCUT2D eigenvalue weighted by Gasteiger charge is -2.23. The SMILES string of the molecule is CCCCCCCCCCCCO[N+](C)(OC)OCCCOC(C)=O.[Cl-]. The normalized spacial score (nSPS) is 13.1. The molecule has 1 unspecified atom stereocenters. The van der Waals surface area contributed by atoms with Crippen molar-refractivity contribution in [1.82, 2.24) is 0 Å². The maximum atomic E-state index is 10.7. The predicted octanol–water partition coefficient (Wildman–Crippen LogP) is 1.74. The van der Waals surface area contributed by atoms with Crippen LogP contribution in [0.4, 0.5) is 0 Å². The monoisotopic (exact) mass is 397 g/mol. The topological polar surface area (TPSA) is 54.0 Å². The molecule has 0 aromatic rings. The third kappa shape index (κ3) is 18.4. The molecule has 6 nitrogen and oxygen atoms in total. The summed E-state index contributed by atoms with van der Waals surface area (Å²) in [6.07, 6.45) is 13.5. The average molecular weight is 398 g/mol. The van der Waals surface area contributed by atoms with Crippen LogP contribution >= 0.6 is 0 Å². The van der Waals surface area contributed by atoms with E-state index in [1.54, 1.807) is 14.2 Å². The summed E-state index contributed by atoms with van der Waals surface area (Å²) in [5.74, 6) is -0.277. The van der Waals surface area contributed by atoms with Crippen LogP contribution in [-0.4, -0.2) is 44.9 Å². The number of halogens is 1. The summed E-state index contributed by atoms with van der Waals surface area (Å²) < 4.78 is 4.86. The van der Waals surface area contributed by atoms with Crippen molar-refractivity contribution in [2.75, 3.05) is 34.0 Å². The first kappa shape index (κ1) is 27.8. The van der Waals surface area contributed by atoms with Crippen LogP contribution in [-0.2, 0) is 24.0 Å². The van der Waals surface area contributed by atoms with Crippen molar-refractivity contribution in [3.63, 3.8) is 0 Å². The Kier molecular flexibility index (Phi) is 20.7. The van der Waals surface area contributed by atoms with Gasteiger partial charge in [0.1, 0.15) is 20.3 Å². The fourth-order valence-corrected chi connectivity index (χ4v) is 2.47. The predicted molar refractivity (Wildman–Crippen MR) is 98.2 cm³/mol. The number of quaternary nitrogens is 1. The molecule has 0 aliphatic rings. The maximum absolute atomic E-state index is 10.7. The lowest BCUT2D eigenvalue weighted by Crippen LogP contribution is -3.00. The summed E-state index contributed by atoms with van der Waals surface area (Å²) in [7, 11) is 3.26. The number of esters is 1. The number of nitrogens with zero attached hydrogens (tertiary/aromatic N) is 1. The molecule has 26 heavy (non-hydrogen) atoms. The number of unbranched alkanes of at least 4 members (excludes halogenated alkanes) is 9. The minimum absolute atomic E-state index is 0. The van der Waals surface area contributed by atoms with E-state index in [0.717, 1.165) is 6.42 Å². The molecule has 0 saturated carbocycles. The summed E-state index contributed by atoms with van der Waals surface area (Å²) >= 11 is 0. The second-order valence-electron chi connectivity index (χ2n) is 6.50. The van der Waals surface area contributed by atoms with Crippen molar-refractivity contribution < 1.29 is 41.4 Å². The molecule has 0 amide bonds.